The fraction of sp³-hybridized carbons (Fsp3) is 0.316. The zero-order valence-electron chi connectivity index (χ0n) is 14.9. The van der Waals surface area contributed by atoms with Crippen LogP contribution in [0.15, 0.2) is 42.5 Å². The van der Waals surface area contributed by atoms with Crippen molar-refractivity contribution in [3.63, 3.8) is 0 Å². The van der Waals surface area contributed by atoms with E-state index in [2.05, 4.69) is 5.32 Å². The molecule has 0 bridgehead atoms. The Bertz CT molecular complexity index is 717. The van der Waals surface area contributed by atoms with Gasteiger partial charge < -0.3 is 24.3 Å². The molecule has 1 atom stereocenters. The molecule has 0 aliphatic carbocycles. The van der Waals surface area contributed by atoms with Crippen LogP contribution in [0.2, 0.25) is 0 Å². The predicted molar refractivity (Wildman–Crippen MR) is 95.9 cm³/mol. The maximum absolute atomic E-state index is 12.6. The van der Waals surface area contributed by atoms with Gasteiger partial charge in [-0.05, 0) is 30.7 Å². The maximum Gasteiger partial charge on any atom is 0.265 e. The van der Waals surface area contributed by atoms with E-state index in [1.165, 1.54) is 0 Å². The normalized spacial score (nSPS) is 11.4. The molecule has 0 fully saturated rings. The zero-order valence-corrected chi connectivity index (χ0v) is 14.9. The monoisotopic (exact) mass is 345 g/mol. The number of para-hydroxylation sites is 2. The van der Waals surface area contributed by atoms with Crippen LogP contribution in [0.5, 0.6) is 23.0 Å². The lowest BCUT2D eigenvalue weighted by atomic mass is 10.2. The van der Waals surface area contributed by atoms with E-state index < -0.39 is 6.10 Å². The molecule has 134 valence electrons. The molecule has 0 radical (unpaired) electrons. The van der Waals surface area contributed by atoms with Gasteiger partial charge in [0.15, 0.2) is 29.1 Å². The molecule has 0 aliphatic heterocycles. The Balaban J connectivity index is 2.12. The maximum atomic E-state index is 12.6. The second-order valence-corrected chi connectivity index (χ2v) is 5.22. The lowest BCUT2D eigenvalue weighted by Crippen LogP contribution is -2.32. The average Bonchev–Trinajstić information content (AvgIpc) is 2.66. The fourth-order valence-corrected chi connectivity index (χ4v) is 2.33. The molecule has 0 spiro atoms. The largest absolute Gasteiger partial charge is 0.493 e. The van der Waals surface area contributed by atoms with Gasteiger partial charge in [-0.3, -0.25) is 4.79 Å². The average molecular weight is 345 g/mol. The SMILES string of the molecule is CCC(Oc1ccccc1OC)C(=O)Nc1ccc(OC)c(OC)c1. The number of hydrogen-bond donors (Lipinski definition) is 1. The minimum Gasteiger partial charge on any atom is -0.493 e. The minimum absolute atomic E-state index is 0.249. The number of amides is 1. The van der Waals surface area contributed by atoms with Crippen LogP contribution in [0.4, 0.5) is 5.69 Å². The second kappa shape index (κ2) is 8.82. The van der Waals surface area contributed by atoms with Gasteiger partial charge >= 0.3 is 0 Å². The van der Waals surface area contributed by atoms with Crippen LogP contribution in [0.3, 0.4) is 0 Å². The number of carbonyl (C=O) groups excluding carboxylic acids is 1. The summed E-state index contributed by atoms with van der Waals surface area (Å²) in [6.45, 7) is 1.88. The van der Waals surface area contributed by atoms with E-state index in [0.717, 1.165) is 0 Å². The summed E-state index contributed by atoms with van der Waals surface area (Å²) >= 11 is 0. The van der Waals surface area contributed by atoms with Crippen molar-refractivity contribution >= 4 is 11.6 Å². The summed E-state index contributed by atoms with van der Waals surface area (Å²) in [7, 11) is 4.67. The number of rotatable bonds is 8. The molecule has 2 aromatic rings. The van der Waals surface area contributed by atoms with Crippen LogP contribution in [0.25, 0.3) is 0 Å². The Morgan fingerprint density at radius 2 is 1.52 bits per heavy atom. The van der Waals surface area contributed by atoms with Crippen LogP contribution in [-0.2, 0) is 4.79 Å². The molecular formula is C19H23NO5. The van der Waals surface area contributed by atoms with Crippen molar-refractivity contribution in [1.82, 2.24) is 0 Å². The summed E-state index contributed by atoms with van der Waals surface area (Å²) in [5.41, 5.74) is 0.602. The Morgan fingerprint density at radius 1 is 0.920 bits per heavy atom. The third-order valence-corrected chi connectivity index (χ3v) is 3.65. The smallest absolute Gasteiger partial charge is 0.265 e. The third kappa shape index (κ3) is 4.56. The van der Waals surface area contributed by atoms with Crippen LogP contribution in [0.1, 0.15) is 13.3 Å². The minimum atomic E-state index is -0.649. The summed E-state index contributed by atoms with van der Waals surface area (Å²) < 4.78 is 21.5. The summed E-state index contributed by atoms with van der Waals surface area (Å²) in [6.07, 6.45) is -0.138. The molecule has 1 N–H and O–H groups in total. The highest BCUT2D eigenvalue weighted by Gasteiger charge is 2.20. The van der Waals surface area contributed by atoms with Gasteiger partial charge in [-0.25, -0.2) is 0 Å². The zero-order chi connectivity index (χ0) is 18.2. The summed E-state index contributed by atoms with van der Waals surface area (Å²) in [6, 6.07) is 12.4. The van der Waals surface area contributed by atoms with Crippen molar-refractivity contribution < 1.29 is 23.7 Å². The second-order valence-electron chi connectivity index (χ2n) is 5.22. The highest BCUT2D eigenvalue weighted by atomic mass is 16.5. The van der Waals surface area contributed by atoms with Gasteiger partial charge in [0, 0.05) is 11.8 Å². The van der Waals surface area contributed by atoms with Gasteiger partial charge in [0.2, 0.25) is 0 Å². The summed E-state index contributed by atoms with van der Waals surface area (Å²) in [5, 5.41) is 2.84. The van der Waals surface area contributed by atoms with Gasteiger partial charge in [-0.15, -0.1) is 0 Å². The Hall–Kier alpha value is -2.89. The van der Waals surface area contributed by atoms with Crippen LogP contribution in [0, 0.1) is 0 Å². The molecule has 1 amide bonds. The number of ether oxygens (including phenoxy) is 4. The van der Waals surface area contributed by atoms with Gasteiger partial charge in [-0.2, -0.15) is 0 Å². The van der Waals surface area contributed by atoms with Gasteiger partial charge in [-0.1, -0.05) is 19.1 Å². The van der Waals surface area contributed by atoms with Crippen molar-refractivity contribution in [1.29, 1.82) is 0 Å². The molecule has 0 heterocycles. The molecule has 0 aliphatic rings. The lowest BCUT2D eigenvalue weighted by molar-refractivity contribution is -0.122. The van der Waals surface area contributed by atoms with Crippen molar-refractivity contribution in [2.45, 2.75) is 19.4 Å². The predicted octanol–water partition coefficient (Wildman–Crippen LogP) is 3.51. The number of nitrogens with one attached hydrogen (secondary N) is 1. The van der Waals surface area contributed by atoms with Crippen molar-refractivity contribution in [3.05, 3.63) is 42.5 Å². The van der Waals surface area contributed by atoms with Crippen LogP contribution < -0.4 is 24.3 Å². The number of benzene rings is 2. The first-order valence-electron chi connectivity index (χ1n) is 7.95. The standard InChI is InChI=1S/C19H23NO5/c1-5-14(25-17-9-7-6-8-15(17)22-2)19(21)20-13-10-11-16(23-3)18(12-13)24-4/h6-12,14H,5H2,1-4H3,(H,20,21). The first-order chi connectivity index (χ1) is 12.1. The van der Waals surface area contributed by atoms with E-state index in [1.54, 1.807) is 51.7 Å². The van der Waals surface area contributed by atoms with E-state index >= 15 is 0 Å². The van der Waals surface area contributed by atoms with Crippen molar-refractivity contribution in [2.75, 3.05) is 26.6 Å². The van der Waals surface area contributed by atoms with Crippen molar-refractivity contribution in [3.8, 4) is 23.0 Å². The third-order valence-electron chi connectivity index (χ3n) is 3.65. The van der Waals surface area contributed by atoms with Crippen LogP contribution >= 0.6 is 0 Å². The van der Waals surface area contributed by atoms with E-state index in [1.807, 2.05) is 19.1 Å². The molecule has 0 saturated carbocycles. The Morgan fingerprint density at radius 3 is 2.12 bits per heavy atom. The highest BCUT2D eigenvalue weighted by Crippen LogP contribution is 2.30. The molecule has 2 aromatic carbocycles. The Labute approximate surface area is 147 Å². The molecule has 6 heteroatoms. The van der Waals surface area contributed by atoms with E-state index in [0.29, 0.717) is 35.1 Å². The molecule has 0 aromatic heterocycles. The highest BCUT2D eigenvalue weighted by molar-refractivity contribution is 5.94. The number of carbonyl (C=O) groups is 1. The quantitative estimate of drug-likeness (QED) is 0.793. The number of anilines is 1. The van der Waals surface area contributed by atoms with Crippen LogP contribution in [-0.4, -0.2) is 33.3 Å². The van der Waals surface area contributed by atoms with E-state index in [4.69, 9.17) is 18.9 Å². The lowest BCUT2D eigenvalue weighted by Gasteiger charge is -2.19. The first-order valence-corrected chi connectivity index (χ1v) is 7.95. The molecule has 25 heavy (non-hydrogen) atoms. The topological polar surface area (TPSA) is 66.0 Å². The molecule has 2 rings (SSSR count). The van der Waals surface area contributed by atoms with E-state index in [9.17, 15) is 4.79 Å². The molecule has 6 nitrogen and oxygen atoms in total. The summed E-state index contributed by atoms with van der Waals surface area (Å²) in [4.78, 5) is 12.6. The number of hydrogen-bond acceptors (Lipinski definition) is 5. The number of methoxy groups -OCH3 is 3. The van der Waals surface area contributed by atoms with Crippen molar-refractivity contribution in [2.24, 2.45) is 0 Å². The Kier molecular flexibility index (Phi) is 6.51. The van der Waals surface area contributed by atoms with Gasteiger partial charge in [0.1, 0.15) is 0 Å². The molecule has 0 saturated heterocycles. The first kappa shape index (κ1) is 18.4. The molecule has 1 unspecified atom stereocenters. The van der Waals surface area contributed by atoms with Gasteiger partial charge in [0.05, 0.1) is 21.3 Å². The molecular weight excluding hydrogens is 322 g/mol. The van der Waals surface area contributed by atoms with Gasteiger partial charge in [0.25, 0.3) is 5.91 Å². The fourth-order valence-electron chi connectivity index (χ4n) is 2.33. The summed E-state index contributed by atoms with van der Waals surface area (Å²) in [5.74, 6) is 2.00. The van der Waals surface area contributed by atoms with E-state index in [-0.39, 0.29) is 5.91 Å².